The molecule has 0 aromatic heterocycles. The van der Waals surface area contributed by atoms with Crippen molar-refractivity contribution in [1.29, 1.82) is 0 Å². The molecule has 0 bridgehead atoms. The van der Waals surface area contributed by atoms with E-state index in [1.807, 2.05) is 6.92 Å². The van der Waals surface area contributed by atoms with Gasteiger partial charge in [-0.05, 0) is 25.1 Å². The average Bonchev–Trinajstić information content (AvgIpc) is 2.15. The van der Waals surface area contributed by atoms with Gasteiger partial charge < -0.3 is 4.90 Å². The van der Waals surface area contributed by atoms with E-state index in [1.165, 1.54) is 23.1 Å². The Morgan fingerprint density at radius 3 is 2.92 bits per heavy atom. The largest absolute Gasteiger partial charge is 0.342 e. The fourth-order valence-corrected chi connectivity index (χ4v) is 0.911. The van der Waals surface area contributed by atoms with E-state index in [2.05, 4.69) is 6.07 Å². The molecule has 0 aliphatic heterocycles. The maximum Gasteiger partial charge on any atom is 0.254 e. The quantitative estimate of drug-likeness (QED) is 0.678. The van der Waals surface area contributed by atoms with Crippen molar-refractivity contribution in [2.75, 3.05) is 13.6 Å². The Kier molecular flexibility index (Phi) is 3.01. The zero-order valence-electron chi connectivity index (χ0n) is 7.67. The van der Waals surface area contributed by atoms with E-state index in [9.17, 15) is 9.18 Å². The number of halogens is 1. The predicted molar refractivity (Wildman–Crippen MR) is 47.9 cm³/mol. The third kappa shape index (κ3) is 2.28. The minimum atomic E-state index is -0.411. The van der Waals surface area contributed by atoms with Crippen molar-refractivity contribution in [2.45, 2.75) is 6.92 Å². The number of hydrogen-bond donors (Lipinski definition) is 0. The highest BCUT2D eigenvalue weighted by Gasteiger charge is 2.09. The fraction of sp³-hybridized carbons (Fsp3) is 0.300. The van der Waals surface area contributed by atoms with Crippen LogP contribution in [0.5, 0.6) is 0 Å². The standard InChI is InChI=1S/C10H11FNO/c1-3-12(2)10(13)8-5-4-6-9(11)7-8/h4,6-7H,3H2,1-2H3. The Labute approximate surface area is 77.0 Å². The van der Waals surface area contributed by atoms with Gasteiger partial charge in [-0.3, -0.25) is 4.79 Å². The lowest BCUT2D eigenvalue weighted by Gasteiger charge is -2.13. The first-order valence-electron chi connectivity index (χ1n) is 4.08. The van der Waals surface area contributed by atoms with Crippen molar-refractivity contribution in [2.24, 2.45) is 0 Å². The van der Waals surface area contributed by atoms with Gasteiger partial charge >= 0.3 is 0 Å². The molecule has 13 heavy (non-hydrogen) atoms. The molecule has 0 saturated carbocycles. The van der Waals surface area contributed by atoms with Gasteiger partial charge in [-0.2, -0.15) is 0 Å². The van der Waals surface area contributed by atoms with Gasteiger partial charge in [-0.25, -0.2) is 4.39 Å². The van der Waals surface area contributed by atoms with Crippen LogP contribution >= 0.6 is 0 Å². The Morgan fingerprint density at radius 2 is 2.38 bits per heavy atom. The first kappa shape index (κ1) is 9.71. The molecule has 3 heteroatoms. The van der Waals surface area contributed by atoms with Crippen molar-refractivity contribution < 1.29 is 9.18 Å². The van der Waals surface area contributed by atoms with Crippen molar-refractivity contribution >= 4 is 5.91 Å². The topological polar surface area (TPSA) is 20.3 Å². The molecule has 1 amide bonds. The van der Waals surface area contributed by atoms with E-state index in [4.69, 9.17) is 0 Å². The van der Waals surface area contributed by atoms with Gasteiger partial charge in [0.2, 0.25) is 0 Å². The first-order chi connectivity index (χ1) is 6.15. The highest BCUT2D eigenvalue weighted by Crippen LogP contribution is 2.05. The summed E-state index contributed by atoms with van der Waals surface area (Å²) in [6.07, 6.45) is 0. The van der Waals surface area contributed by atoms with E-state index in [1.54, 1.807) is 7.05 Å². The number of carbonyl (C=O) groups is 1. The number of benzene rings is 1. The predicted octanol–water partition coefficient (Wildman–Crippen LogP) is 1.72. The highest BCUT2D eigenvalue weighted by atomic mass is 19.1. The molecule has 0 aliphatic carbocycles. The number of hydrogen-bond acceptors (Lipinski definition) is 1. The highest BCUT2D eigenvalue weighted by molar-refractivity contribution is 5.93. The minimum absolute atomic E-state index is 0.206. The third-order valence-corrected chi connectivity index (χ3v) is 1.82. The van der Waals surface area contributed by atoms with Crippen LogP contribution in [0.3, 0.4) is 0 Å². The zero-order valence-corrected chi connectivity index (χ0v) is 7.67. The Bertz CT molecular complexity index is 312. The fourth-order valence-electron chi connectivity index (χ4n) is 0.911. The van der Waals surface area contributed by atoms with Crippen molar-refractivity contribution in [3.63, 3.8) is 0 Å². The summed E-state index contributed by atoms with van der Waals surface area (Å²) in [6.45, 7) is 2.46. The second-order valence-corrected chi connectivity index (χ2v) is 2.74. The molecule has 1 aromatic rings. The smallest absolute Gasteiger partial charge is 0.254 e. The van der Waals surface area contributed by atoms with Crippen molar-refractivity contribution in [3.8, 4) is 0 Å². The zero-order chi connectivity index (χ0) is 9.84. The van der Waals surface area contributed by atoms with E-state index >= 15 is 0 Å². The first-order valence-corrected chi connectivity index (χ1v) is 4.08. The van der Waals surface area contributed by atoms with Gasteiger partial charge in [0.25, 0.3) is 5.91 Å². The molecular weight excluding hydrogens is 169 g/mol. The maximum atomic E-state index is 12.7. The van der Waals surface area contributed by atoms with Crippen LogP contribution < -0.4 is 0 Å². The summed E-state index contributed by atoms with van der Waals surface area (Å²) in [4.78, 5) is 13.0. The summed E-state index contributed by atoms with van der Waals surface area (Å²) >= 11 is 0. The lowest BCUT2D eigenvalue weighted by molar-refractivity contribution is 0.0801. The van der Waals surface area contributed by atoms with Crippen LogP contribution in [-0.2, 0) is 0 Å². The van der Waals surface area contributed by atoms with Gasteiger partial charge in [0, 0.05) is 13.6 Å². The monoisotopic (exact) mass is 180 g/mol. The van der Waals surface area contributed by atoms with E-state index < -0.39 is 5.82 Å². The molecular formula is C10H11FNO. The normalized spacial score (nSPS) is 9.77. The number of carbonyl (C=O) groups excluding carboxylic acids is 1. The Morgan fingerprint density at radius 1 is 1.69 bits per heavy atom. The number of nitrogens with zero attached hydrogens (tertiary/aromatic N) is 1. The van der Waals surface area contributed by atoms with Crippen LogP contribution in [0.25, 0.3) is 0 Å². The number of amides is 1. The van der Waals surface area contributed by atoms with E-state index in [0.717, 1.165) is 0 Å². The van der Waals surface area contributed by atoms with Crippen molar-refractivity contribution in [3.05, 3.63) is 35.6 Å². The average molecular weight is 180 g/mol. The van der Waals surface area contributed by atoms with Gasteiger partial charge in [-0.1, -0.05) is 6.07 Å². The second-order valence-electron chi connectivity index (χ2n) is 2.74. The molecule has 0 N–H and O–H groups in total. The maximum absolute atomic E-state index is 12.7. The molecule has 1 aromatic carbocycles. The lowest BCUT2D eigenvalue weighted by atomic mass is 10.2. The van der Waals surface area contributed by atoms with E-state index in [0.29, 0.717) is 6.54 Å². The van der Waals surface area contributed by atoms with Crippen LogP contribution in [0.1, 0.15) is 17.3 Å². The van der Waals surface area contributed by atoms with Crippen LogP contribution in [0.4, 0.5) is 4.39 Å². The lowest BCUT2D eigenvalue weighted by Crippen LogP contribution is -2.26. The molecule has 1 radical (unpaired) electrons. The second kappa shape index (κ2) is 4.03. The van der Waals surface area contributed by atoms with Gasteiger partial charge in [0.05, 0.1) is 5.56 Å². The summed E-state index contributed by atoms with van der Waals surface area (Å²) in [5.74, 6) is -0.617. The van der Waals surface area contributed by atoms with Gasteiger partial charge in [0.1, 0.15) is 5.82 Å². The summed E-state index contributed by atoms with van der Waals surface area (Å²) in [7, 11) is 1.67. The molecule has 0 spiro atoms. The van der Waals surface area contributed by atoms with Crippen LogP contribution in [-0.4, -0.2) is 24.4 Å². The number of rotatable bonds is 2. The SMILES string of the molecule is CCN(C)C(=O)c1[c]ccc(F)c1. The molecule has 1 rings (SSSR count). The van der Waals surface area contributed by atoms with Gasteiger partial charge in [-0.15, -0.1) is 0 Å². The molecule has 0 aliphatic rings. The summed E-state index contributed by atoms with van der Waals surface area (Å²) in [5.41, 5.74) is 0.268. The molecule has 0 heterocycles. The summed E-state index contributed by atoms with van der Waals surface area (Å²) in [5, 5.41) is 0. The Balaban J connectivity index is 2.89. The molecule has 0 saturated heterocycles. The summed E-state index contributed by atoms with van der Waals surface area (Å²) < 4.78 is 12.7. The third-order valence-electron chi connectivity index (χ3n) is 1.82. The summed E-state index contributed by atoms with van der Waals surface area (Å²) in [6, 6.07) is 6.56. The molecule has 0 fully saturated rings. The minimum Gasteiger partial charge on any atom is -0.342 e. The van der Waals surface area contributed by atoms with E-state index in [-0.39, 0.29) is 11.5 Å². The van der Waals surface area contributed by atoms with Crippen molar-refractivity contribution in [1.82, 2.24) is 4.90 Å². The Hall–Kier alpha value is -1.38. The van der Waals surface area contributed by atoms with Crippen LogP contribution in [0.15, 0.2) is 18.2 Å². The molecule has 2 nitrogen and oxygen atoms in total. The molecule has 69 valence electrons. The molecule has 0 unspecified atom stereocenters. The molecule has 0 atom stereocenters. The van der Waals surface area contributed by atoms with Crippen LogP contribution in [0, 0.1) is 11.9 Å². The van der Waals surface area contributed by atoms with Gasteiger partial charge in [0.15, 0.2) is 0 Å². The van der Waals surface area contributed by atoms with Crippen LogP contribution in [0.2, 0.25) is 0 Å².